The third kappa shape index (κ3) is 3.05. The van der Waals surface area contributed by atoms with Gasteiger partial charge >= 0.3 is 0 Å². The first-order valence-corrected chi connectivity index (χ1v) is 12.2. The lowest BCUT2D eigenvalue weighted by Gasteiger charge is -2.17. The Balaban J connectivity index is 1.50. The minimum Gasteiger partial charge on any atom is -0.324 e. The third-order valence-corrected chi connectivity index (χ3v) is 7.43. The molecule has 0 amide bonds. The summed E-state index contributed by atoms with van der Waals surface area (Å²) >= 11 is 0. The van der Waals surface area contributed by atoms with Gasteiger partial charge in [0.05, 0.1) is 17.1 Å². The van der Waals surface area contributed by atoms with Crippen molar-refractivity contribution in [1.29, 1.82) is 0 Å². The lowest BCUT2D eigenvalue weighted by Crippen LogP contribution is -2.08. The highest BCUT2D eigenvalue weighted by atomic mass is 32.2. The van der Waals surface area contributed by atoms with Crippen LogP contribution in [0.5, 0.6) is 0 Å². The fourth-order valence-electron chi connectivity index (χ4n) is 5.04. The van der Waals surface area contributed by atoms with Gasteiger partial charge in [0.2, 0.25) is 0 Å². The van der Waals surface area contributed by atoms with Crippen LogP contribution in [-0.2, 0) is 10.8 Å². The van der Waals surface area contributed by atoms with Crippen LogP contribution in [0.2, 0.25) is 0 Å². The number of aromatic nitrogens is 4. The standard InChI is InChI=1S/C25H22N4OS/c1-31(30)20-9-6-16(7-10-20)22-15-17(11-13-27-22)24-23(21-4-2-3-12-26-21)28-25-18-5-8-19(14-18)29(24)25/h2-4,6-7,9-13,15,18-19H,5,8,14H2,1H3. The van der Waals surface area contributed by atoms with Crippen molar-refractivity contribution < 1.29 is 4.21 Å². The van der Waals surface area contributed by atoms with E-state index in [0.717, 1.165) is 38.8 Å². The fraction of sp³-hybridized carbons (Fsp3) is 0.240. The van der Waals surface area contributed by atoms with E-state index in [9.17, 15) is 4.21 Å². The number of hydrogen-bond acceptors (Lipinski definition) is 4. The van der Waals surface area contributed by atoms with Crippen molar-refractivity contribution in [3.63, 3.8) is 0 Å². The first kappa shape index (κ1) is 18.6. The van der Waals surface area contributed by atoms with Gasteiger partial charge in [0, 0.05) is 57.4 Å². The molecule has 1 saturated carbocycles. The summed E-state index contributed by atoms with van der Waals surface area (Å²) in [6.07, 6.45) is 9.04. The molecule has 0 N–H and O–H groups in total. The van der Waals surface area contributed by atoms with E-state index in [0.29, 0.717) is 12.0 Å². The molecule has 5 nitrogen and oxygen atoms in total. The Bertz CT molecular complexity index is 1300. The number of pyridine rings is 2. The highest BCUT2D eigenvalue weighted by Gasteiger charge is 2.41. The molecule has 4 heterocycles. The topological polar surface area (TPSA) is 60.7 Å². The zero-order chi connectivity index (χ0) is 20.9. The van der Waals surface area contributed by atoms with E-state index in [1.165, 1.54) is 25.1 Å². The average molecular weight is 427 g/mol. The van der Waals surface area contributed by atoms with Crippen LogP contribution in [0.25, 0.3) is 33.9 Å². The fourth-order valence-corrected chi connectivity index (χ4v) is 5.56. The molecule has 1 aliphatic carbocycles. The Morgan fingerprint density at radius 1 is 0.935 bits per heavy atom. The summed E-state index contributed by atoms with van der Waals surface area (Å²) < 4.78 is 14.2. The SMILES string of the molecule is CS(=O)c1ccc(-c2cc(-c3c(-c4ccccn4)nc4n3C3CCC4C3)ccn2)cc1. The Labute approximate surface area is 183 Å². The second-order valence-corrected chi connectivity index (χ2v) is 9.70. The number of nitrogens with zero attached hydrogens (tertiary/aromatic N) is 4. The van der Waals surface area contributed by atoms with E-state index in [1.54, 1.807) is 6.26 Å². The maximum Gasteiger partial charge on any atom is 0.115 e. The number of benzene rings is 1. The minimum atomic E-state index is -0.987. The van der Waals surface area contributed by atoms with Gasteiger partial charge in [-0.2, -0.15) is 0 Å². The van der Waals surface area contributed by atoms with Crippen LogP contribution in [0.3, 0.4) is 0 Å². The molecule has 31 heavy (non-hydrogen) atoms. The van der Waals surface area contributed by atoms with Crippen molar-refractivity contribution in [3.8, 4) is 33.9 Å². The van der Waals surface area contributed by atoms with Gasteiger partial charge in [0.1, 0.15) is 11.5 Å². The molecule has 2 bridgehead atoms. The summed E-state index contributed by atoms with van der Waals surface area (Å²) in [6, 6.07) is 18.5. The molecule has 3 aromatic heterocycles. The Morgan fingerprint density at radius 2 is 1.77 bits per heavy atom. The van der Waals surface area contributed by atoms with Gasteiger partial charge < -0.3 is 4.57 Å². The molecular formula is C25H22N4OS. The largest absolute Gasteiger partial charge is 0.324 e. The van der Waals surface area contributed by atoms with Crippen LogP contribution in [0.4, 0.5) is 0 Å². The van der Waals surface area contributed by atoms with Gasteiger partial charge in [0.15, 0.2) is 0 Å². The number of rotatable bonds is 4. The van der Waals surface area contributed by atoms with Crippen LogP contribution < -0.4 is 0 Å². The smallest absolute Gasteiger partial charge is 0.115 e. The molecule has 1 aromatic carbocycles. The first-order chi connectivity index (χ1) is 15.2. The molecule has 4 aromatic rings. The second kappa shape index (κ2) is 7.24. The van der Waals surface area contributed by atoms with E-state index < -0.39 is 10.8 Å². The highest BCUT2D eigenvalue weighted by molar-refractivity contribution is 7.84. The zero-order valence-electron chi connectivity index (χ0n) is 17.2. The van der Waals surface area contributed by atoms with Crippen LogP contribution in [0.15, 0.2) is 71.9 Å². The highest BCUT2D eigenvalue weighted by Crippen LogP contribution is 2.52. The van der Waals surface area contributed by atoms with Crippen molar-refractivity contribution in [2.75, 3.05) is 6.26 Å². The van der Waals surface area contributed by atoms with Crippen molar-refractivity contribution in [2.24, 2.45) is 0 Å². The van der Waals surface area contributed by atoms with Gasteiger partial charge in [-0.1, -0.05) is 18.2 Å². The molecule has 3 unspecified atom stereocenters. The molecule has 0 spiro atoms. The molecular weight excluding hydrogens is 404 g/mol. The maximum absolute atomic E-state index is 11.7. The Hall–Kier alpha value is -3.12. The van der Waals surface area contributed by atoms with Gasteiger partial charge in [-0.3, -0.25) is 14.2 Å². The summed E-state index contributed by atoms with van der Waals surface area (Å²) in [5, 5.41) is 0. The molecule has 154 valence electrons. The second-order valence-electron chi connectivity index (χ2n) is 8.32. The number of hydrogen-bond donors (Lipinski definition) is 0. The molecule has 0 saturated heterocycles. The van der Waals surface area contributed by atoms with E-state index in [4.69, 9.17) is 4.98 Å². The normalized spacial score (nSPS) is 20.0. The molecule has 0 radical (unpaired) electrons. The first-order valence-electron chi connectivity index (χ1n) is 10.6. The van der Waals surface area contributed by atoms with Crippen LogP contribution in [0, 0.1) is 0 Å². The molecule has 2 aliphatic rings. The molecule has 6 rings (SSSR count). The maximum atomic E-state index is 11.7. The van der Waals surface area contributed by atoms with E-state index >= 15 is 0 Å². The van der Waals surface area contributed by atoms with E-state index in [1.807, 2.05) is 54.9 Å². The Kier molecular flexibility index (Phi) is 4.35. The number of imidazole rings is 1. The van der Waals surface area contributed by atoms with E-state index in [-0.39, 0.29) is 0 Å². The summed E-state index contributed by atoms with van der Waals surface area (Å²) in [4.78, 5) is 15.1. The minimum absolute atomic E-state index is 0.524. The number of fused-ring (bicyclic) bond motifs is 5. The van der Waals surface area contributed by atoms with Gasteiger partial charge in [-0.05, 0) is 55.7 Å². The average Bonchev–Trinajstić information content (AvgIpc) is 3.52. The van der Waals surface area contributed by atoms with Crippen LogP contribution in [0.1, 0.15) is 37.0 Å². The Morgan fingerprint density at radius 3 is 2.55 bits per heavy atom. The molecule has 1 aliphatic heterocycles. The predicted molar refractivity (Wildman–Crippen MR) is 122 cm³/mol. The van der Waals surface area contributed by atoms with Crippen molar-refractivity contribution in [3.05, 3.63) is 72.8 Å². The molecule has 3 atom stereocenters. The summed E-state index contributed by atoms with van der Waals surface area (Å²) in [6.45, 7) is 0. The third-order valence-electron chi connectivity index (χ3n) is 6.50. The monoisotopic (exact) mass is 426 g/mol. The lowest BCUT2D eigenvalue weighted by atomic mass is 10.0. The van der Waals surface area contributed by atoms with Crippen LogP contribution >= 0.6 is 0 Å². The van der Waals surface area contributed by atoms with Gasteiger partial charge in [-0.15, -0.1) is 0 Å². The lowest BCUT2D eigenvalue weighted by molar-refractivity contribution is 0.530. The van der Waals surface area contributed by atoms with Crippen molar-refractivity contribution in [2.45, 2.75) is 36.1 Å². The summed E-state index contributed by atoms with van der Waals surface area (Å²) in [5.74, 6) is 1.77. The van der Waals surface area contributed by atoms with Crippen LogP contribution in [-0.4, -0.2) is 30.0 Å². The zero-order valence-corrected chi connectivity index (χ0v) is 18.0. The molecule has 1 fully saturated rings. The van der Waals surface area contributed by atoms with Gasteiger partial charge in [0.25, 0.3) is 0 Å². The van der Waals surface area contributed by atoms with E-state index in [2.05, 4.69) is 26.7 Å². The quantitative estimate of drug-likeness (QED) is 0.448. The predicted octanol–water partition coefficient (Wildman–Crippen LogP) is 5.23. The van der Waals surface area contributed by atoms with Crippen molar-refractivity contribution in [1.82, 2.24) is 19.5 Å². The summed E-state index contributed by atoms with van der Waals surface area (Å²) in [7, 11) is -0.987. The molecule has 6 heteroatoms. The van der Waals surface area contributed by atoms with Crippen molar-refractivity contribution >= 4 is 10.8 Å². The summed E-state index contributed by atoms with van der Waals surface area (Å²) in [5.41, 5.74) is 6.04. The van der Waals surface area contributed by atoms with Gasteiger partial charge in [-0.25, -0.2) is 4.98 Å².